The van der Waals surface area contributed by atoms with Crippen molar-refractivity contribution >= 4 is 5.96 Å². The summed E-state index contributed by atoms with van der Waals surface area (Å²) in [6, 6.07) is 7.81. The van der Waals surface area contributed by atoms with Crippen LogP contribution < -0.4 is 20.1 Å². The Bertz CT molecular complexity index is 671. The van der Waals surface area contributed by atoms with E-state index in [1.165, 1.54) is 0 Å². The maximum Gasteiger partial charge on any atom is 0.191 e. The van der Waals surface area contributed by atoms with E-state index in [4.69, 9.17) is 14.0 Å². The fraction of sp³-hybridized carbons (Fsp3) is 0.444. The minimum absolute atomic E-state index is 0.0402. The monoisotopic (exact) mass is 346 g/mol. The van der Waals surface area contributed by atoms with Crippen molar-refractivity contribution in [1.82, 2.24) is 15.8 Å². The molecule has 0 saturated heterocycles. The number of nitrogens with one attached hydrogen (secondary N) is 2. The minimum atomic E-state index is 0.0402. The van der Waals surface area contributed by atoms with Gasteiger partial charge in [-0.05, 0) is 38.5 Å². The van der Waals surface area contributed by atoms with Crippen LogP contribution in [0.2, 0.25) is 0 Å². The zero-order valence-corrected chi connectivity index (χ0v) is 15.2. The predicted molar refractivity (Wildman–Crippen MR) is 97.0 cm³/mol. The fourth-order valence-electron chi connectivity index (χ4n) is 2.32. The van der Waals surface area contributed by atoms with Gasteiger partial charge in [0.1, 0.15) is 12.0 Å². The molecule has 0 aliphatic carbocycles. The molecule has 0 bridgehead atoms. The Morgan fingerprint density at radius 3 is 2.60 bits per heavy atom. The number of benzene rings is 1. The third kappa shape index (κ3) is 5.41. The summed E-state index contributed by atoms with van der Waals surface area (Å²) in [6.45, 7) is 7.71. The summed E-state index contributed by atoms with van der Waals surface area (Å²) in [4.78, 5) is 4.24. The van der Waals surface area contributed by atoms with Crippen molar-refractivity contribution in [2.45, 2.75) is 33.4 Å². The maximum absolute atomic E-state index is 5.69. The first-order chi connectivity index (χ1) is 12.2. The van der Waals surface area contributed by atoms with Crippen LogP contribution in [0.3, 0.4) is 0 Å². The summed E-state index contributed by atoms with van der Waals surface area (Å²) in [5, 5.41) is 10.4. The summed E-state index contributed by atoms with van der Waals surface area (Å²) in [6.07, 6.45) is 1.55. The maximum atomic E-state index is 5.69. The van der Waals surface area contributed by atoms with Crippen molar-refractivity contribution in [2.75, 3.05) is 20.3 Å². The highest BCUT2D eigenvalue weighted by molar-refractivity contribution is 5.80. The van der Waals surface area contributed by atoms with Gasteiger partial charge in [0.25, 0.3) is 0 Å². The molecule has 2 aromatic rings. The highest BCUT2D eigenvalue weighted by Gasteiger charge is 2.12. The SMILES string of the molecule is CCOc1ccc(C(C)NC(=NC)NCc2ccon2)cc1OCC. The third-order valence-electron chi connectivity index (χ3n) is 3.57. The molecule has 2 rings (SSSR count). The number of hydrogen-bond acceptors (Lipinski definition) is 5. The highest BCUT2D eigenvalue weighted by atomic mass is 16.5. The first-order valence-electron chi connectivity index (χ1n) is 8.43. The fourth-order valence-corrected chi connectivity index (χ4v) is 2.32. The molecule has 1 aromatic carbocycles. The molecular weight excluding hydrogens is 320 g/mol. The van der Waals surface area contributed by atoms with Gasteiger partial charge in [-0.15, -0.1) is 0 Å². The average molecular weight is 346 g/mol. The van der Waals surface area contributed by atoms with E-state index in [9.17, 15) is 0 Å². The molecule has 7 heteroatoms. The Labute approximate surface area is 148 Å². The van der Waals surface area contributed by atoms with Crippen LogP contribution >= 0.6 is 0 Å². The van der Waals surface area contributed by atoms with Gasteiger partial charge in [0, 0.05) is 13.1 Å². The second-order valence-electron chi connectivity index (χ2n) is 5.35. The normalized spacial score (nSPS) is 12.6. The molecule has 0 radical (unpaired) electrons. The molecule has 7 nitrogen and oxygen atoms in total. The number of aliphatic imine (C=N–C) groups is 1. The Balaban J connectivity index is 2.02. The van der Waals surface area contributed by atoms with Crippen molar-refractivity contribution in [2.24, 2.45) is 4.99 Å². The van der Waals surface area contributed by atoms with Crippen molar-refractivity contribution in [3.05, 3.63) is 41.8 Å². The van der Waals surface area contributed by atoms with Crippen molar-refractivity contribution in [3.63, 3.8) is 0 Å². The van der Waals surface area contributed by atoms with Gasteiger partial charge in [-0.25, -0.2) is 0 Å². The Morgan fingerprint density at radius 1 is 1.20 bits per heavy atom. The van der Waals surface area contributed by atoms with Crippen LogP contribution in [0.1, 0.15) is 38.1 Å². The topological polar surface area (TPSA) is 80.9 Å². The molecular formula is C18H26N4O3. The largest absolute Gasteiger partial charge is 0.490 e. The van der Waals surface area contributed by atoms with E-state index in [1.54, 1.807) is 13.3 Å². The van der Waals surface area contributed by atoms with Crippen LogP contribution in [0.5, 0.6) is 11.5 Å². The van der Waals surface area contributed by atoms with E-state index in [0.29, 0.717) is 25.7 Å². The number of guanidine groups is 1. The van der Waals surface area contributed by atoms with Gasteiger partial charge in [0.05, 0.1) is 25.8 Å². The van der Waals surface area contributed by atoms with Crippen LogP contribution in [0.4, 0.5) is 0 Å². The standard InChI is InChI=1S/C18H26N4O3/c1-5-23-16-8-7-14(11-17(16)24-6-2)13(3)21-18(19-4)20-12-15-9-10-25-22-15/h7-11,13H,5-6,12H2,1-4H3,(H2,19,20,21). The molecule has 0 aliphatic heterocycles. The van der Waals surface area contributed by atoms with Gasteiger partial charge < -0.3 is 24.6 Å². The van der Waals surface area contributed by atoms with E-state index in [2.05, 4.69) is 27.7 Å². The van der Waals surface area contributed by atoms with Crippen LogP contribution in [0.25, 0.3) is 0 Å². The lowest BCUT2D eigenvalue weighted by Gasteiger charge is -2.19. The van der Waals surface area contributed by atoms with Gasteiger partial charge in [0.2, 0.25) is 0 Å². The second kappa shape index (κ2) is 9.56. The zero-order chi connectivity index (χ0) is 18.1. The van der Waals surface area contributed by atoms with E-state index in [1.807, 2.05) is 38.1 Å². The molecule has 1 unspecified atom stereocenters. The predicted octanol–water partition coefficient (Wildman–Crippen LogP) is 2.90. The van der Waals surface area contributed by atoms with Gasteiger partial charge in [-0.2, -0.15) is 0 Å². The lowest BCUT2D eigenvalue weighted by atomic mass is 10.1. The summed E-state index contributed by atoms with van der Waals surface area (Å²) >= 11 is 0. The molecule has 0 fully saturated rings. The molecule has 136 valence electrons. The molecule has 1 aromatic heterocycles. The van der Waals surface area contributed by atoms with Crippen LogP contribution in [0, 0.1) is 0 Å². The van der Waals surface area contributed by atoms with Crippen LogP contribution in [0.15, 0.2) is 40.0 Å². The quantitative estimate of drug-likeness (QED) is 0.565. The van der Waals surface area contributed by atoms with Crippen molar-refractivity contribution in [3.8, 4) is 11.5 Å². The molecule has 2 N–H and O–H groups in total. The van der Waals surface area contributed by atoms with Crippen molar-refractivity contribution < 1.29 is 14.0 Å². The van der Waals surface area contributed by atoms with Gasteiger partial charge in [-0.1, -0.05) is 11.2 Å². The highest BCUT2D eigenvalue weighted by Crippen LogP contribution is 2.30. The first kappa shape index (κ1) is 18.6. The molecule has 25 heavy (non-hydrogen) atoms. The molecule has 0 amide bonds. The molecule has 0 spiro atoms. The smallest absolute Gasteiger partial charge is 0.191 e. The molecule has 0 aliphatic rings. The number of ether oxygens (including phenoxy) is 2. The summed E-state index contributed by atoms with van der Waals surface area (Å²) in [7, 11) is 1.73. The van der Waals surface area contributed by atoms with Gasteiger partial charge in [0.15, 0.2) is 17.5 Å². The van der Waals surface area contributed by atoms with E-state index < -0.39 is 0 Å². The van der Waals surface area contributed by atoms with Crippen molar-refractivity contribution in [1.29, 1.82) is 0 Å². The minimum Gasteiger partial charge on any atom is -0.490 e. The second-order valence-corrected chi connectivity index (χ2v) is 5.35. The summed E-state index contributed by atoms with van der Waals surface area (Å²) < 4.78 is 16.1. The molecule has 1 atom stereocenters. The Kier molecular flexibility index (Phi) is 7.13. The van der Waals surface area contributed by atoms with Gasteiger partial charge in [-0.3, -0.25) is 4.99 Å². The lowest BCUT2D eigenvalue weighted by molar-refractivity contribution is 0.287. The third-order valence-corrected chi connectivity index (χ3v) is 3.57. The number of rotatable bonds is 8. The summed E-state index contributed by atoms with van der Waals surface area (Å²) in [5.74, 6) is 2.19. The average Bonchev–Trinajstić information content (AvgIpc) is 3.13. The van der Waals surface area contributed by atoms with E-state index >= 15 is 0 Å². The van der Waals surface area contributed by atoms with E-state index in [0.717, 1.165) is 22.8 Å². The molecule has 0 saturated carbocycles. The lowest BCUT2D eigenvalue weighted by Crippen LogP contribution is -2.38. The number of aromatic nitrogens is 1. The van der Waals surface area contributed by atoms with Gasteiger partial charge >= 0.3 is 0 Å². The number of nitrogens with zero attached hydrogens (tertiary/aromatic N) is 2. The van der Waals surface area contributed by atoms with E-state index in [-0.39, 0.29) is 6.04 Å². The number of hydrogen-bond donors (Lipinski definition) is 2. The summed E-state index contributed by atoms with van der Waals surface area (Å²) in [5.41, 5.74) is 1.89. The Morgan fingerprint density at radius 2 is 1.96 bits per heavy atom. The van der Waals surface area contributed by atoms with Crippen LogP contribution in [-0.4, -0.2) is 31.4 Å². The Hall–Kier alpha value is -2.70. The zero-order valence-electron chi connectivity index (χ0n) is 15.2. The van der Waals surface area contributed by atoms with Crippen LogP contribution in [-0.2, 0) is 6.54 Å². The first-order valence-corrected chi connectivity index (χ1v) is 8.43. The molecule has 1 heterocycles.